The SMILES string of the molecule is CCCCCNC(=O)C[C@@H]1N=C(c2ccc(Cl)cc2)c2cc(OC)ccc2N(C(C)=N)C1=N. The molecule has 174 valence electrons. The molecule has 0 unspecified atom stereocenters. The zero-order valence-corrected chi connectivity index (χ0v) is 20.0. The molecule has 1 atom stereocenters. The Morgan fingerprint density at radius 1 is 1.21 bits per heavy atom. The maximum atomic E-state index is 12.7. The van der Waals surface area contributed by atoms with Gasteiger partial charge in [-0.1, -0.05) is 43.5 Å². The number of carbonyl (C=O) groups excluding carboxylic acids is 1. The van der Waals surface area contributed by atoms with Gasteiger partial charge in [0.05, 0.1) is 24.9 Å². The Morgan fingerprint density at radius 3 is 2.58 bits per heavy atom. The monoisotopic (exact) mass is 467 g/mol. The summed E-state index contributed by atoms with van der Waals surface area (Å²) in [5.41, 5.74) is 2.80. The molecule has 0 spiro atoms. The Labute approximate surface area is 199 Å². The second kappa shape index (κ2) is 11.1. The van der Waals surface area contributed by atoms with Crippen molar-refractivity contribution in [3.8, 4) is 5.75 Å². The van der Waals surface area contributed by atoms with Crippen LogP contribution in [0.15, 0.2) is 47.5 Å². The highest BCUT2D eigenvalue weighted by atomic mass is 35.5. The van der Waals surface area contributed by atoms with Crippen molar-refractivity contribution in [2.75, 3.05) is 18.6 Å². The van der Waals surface area contributed by atoms with Crippen LogP contribution in [-0.2, 0) is 4.79 Å². The van der Waals surface area contributed by atoms with E-state index in [9.17, 15) is 4.79 Å². The summed E-state index contributed by atoms with van der Waals surface area (Å²) in [5, 5.41) is 20.8. The molecular formula is C25H30ClN5O2. The van der Waals surface area contributed by atoms with Crippen molar-refractivity contribution in [3.05, 3.63) is 58.6 Å². The number of unbranched alkanes of at least 4 members (excludes halogenated alkanes) is 2. The lowest BCUT2D eigenvalue weighted by Crippen LogP contribution is -2.42. The van der Waals surface area contributed by atoms with Crippen LogP contribution in [0.1, 0.15) is 50.7 Å². The number of amides is 1. The highest BCUT2D eigenvalue weighted by Crippen LogP contribution is 2.33. The smallest absolute Gasteiger partial charge is 0.222 e. The third-order valence-electron chi connectivity index (χ3n) is 5.48. The van der Waals surface area contributed by atoms with Gasteiger partial charge in [-0.3, -0.25) is 25.5 Å². The van der Waals surface area contributed by atoms with Gasteiger partial charge in [0.15, 0.2) is 0 Å². The van der Waals surface area contributed by atoms with Crippen molar-refractivity contribution in [3.63, 3.8) is 0 Å². The maximum Gasteiger partial charge on any atom is 0.222 e. The van der Waals surface area contributed by atoms with E-state index in [0.29, 0.717) is 28.7 Å². The normalized spacial score (nSPS) is 15.4. The zero-order chi connectivity index (χ0) is 24.0. The summed E-state index contributed by atoms with van der Waals surface area (Å²) >= 11 is 6.10. The number of carbonyl (C=O) groups is 1. The molecule has 33 heavy (non-hydrogen) atoms. The van der Waals surface area contributed by atoms with Crippen LogP contribution in [0.2, 0.25) is 5.02 Å². The molecule has 0 aromatic heterocycles. The molecule has 1 heterocycles. The van der Waals surface area contributed by atoms with Crippen molar-refractivity contribution < 1.29 is 9.53 Å². The van der Waals surface area contributed by atoms with Gasteiger partial charge in [0.1, 0.15) is 23.5 Å². The van der Waals surface area contributed by atoms with Gasteiger partial charge in [-0.05, 0) is 43.7 Å². The van der Waals surface area contributed by atoms with E-state index in [0.717, 1.165) is 30.4 Å². The number of nitrogens with zero attached hydrogens (tertiary/aromatic N) is 2. The highest BCUT2D eigenvalue weighted by molar-refractivity contribution is 6.31. The third-order valence-corrected chi connectivity index (χ3v) is 5.73. The minimum atomic E-state index is -0.749. The molecule has 3 N–H and O–H groups in total. The van der Waals surface area contributed by atoms with Gasteiger partial charge in [0.25, 0.3) is 0 Å². The first-order valence-electron chi connectivity index (χ1n) is 11.1. The molecule has 1 amide bonds. The van der Waals surface area contributed by atoms with E-state index in [1.54, 1.807) is 32.2 Å². The molecule has 0 bridgehead atoms. The van der Waals surface area contributed by atoms with E-state index in [2.05, 4.69) is 12.2 Å². The van der Waals surface area contributed by atoms with Crippen LogP contribution in [0.3, 0.4) is 0 Å². The van der Waals surface area contributed by atoms with Gasteiger partial charge in [0.2, 0.25) is 5.91 Å². The van der Waals surface area contributed by atoms with Gasteiger partial charge >= 0.3 is 0 Å². The van der Waals surface area contributed by atoms with E-state index < -0.39 is 6.04 Å². The van der Waals surface area contributed by atoms with Gasteiger partial charge < -0.3 is 10.1 Å². The number of halogens is 1. The van der Waals surface area contributed by atoms with E-state index in [1.807, 2.05) is 24.3 Å². The molecule has 2 aromatic carbocycles. The first kappa shape index (κ1) is 24.5. The number of benzene rings is 2. The summed E-state index contributed by atoms with van der Waals surface area (Å²) in [6, 6.07) is 12.0. The minimum absolute atomic E-state index is 0.0248. The van der Waals surface area contributed by atoms with Crippen LogP contribution in [-0.4, -0.2) is 43.0 Å². The van der Waals surface area contributed by atoms with Crippen molar-refractivity contribution in [1.82, 2.24) is 5.32 Å². The van der Waals surface area contributed by atoms with Gasteiger partial charge in [0, 0.05) is 22.7 Å². The molecule has 0 saturated carbocycles. The Morgan fingerprint density at radius 2 is 1.94 bits per heavy atom. The summed E-state index contributed by atoms with van der Waals surface area (Å²) in [6.07, 6.45) is 3.07. The summed E-state index contributed by atoms with van der Waals surface area (Å²) < 4.78 is 5.44. The zero-order valence-electron chi connectivity index (χ0n) is 19.2. The lowest BCUT2D eigenvalue weighted by molar-refractivity contribution is -0.121. The number of rotatable bonds is 8. The number of hydrogen-bond acceptors (Lipinski definition) is 5. The summed E-state index contributed by atoms with van der Waals surface area (Å²) in [7, 11) is 1.59. The van der Waals surface area contributed by atoms with Crippen molar-refractivity contribution in [1.29, 1.82) is 10.8 Å². The lowest BCUT2D eigenvalue weighted by atomic mass is 9.99. The van der Waals surface area contributed by atoms with Gasteiger partial charge in [-0.15, -0.1) is 0 Å². The molecule has 0 fully saturated rings. The van der Waals surface area contributed by atoms with Crippen LogP contribution >= 0.6 is 11.6 Å². The van der Waals surface area contributed by atoms with Crippen molar-refractivity contribution in [2.24, 2.45) is 4.99 Å². The van der Waals surface area contributed by atoms with Gasteiger partial charge in [-0.25, -0.2) is 0 Å². The topological polar surface area (TPSA) is 102 Å². The molecular weight excluding hydrogens is 438 g/mol. The number of methoxy groups -OCH3 is 1. The van der Waals surface area contributed by atoms with Crippen molar-refractivity contribution in [2.45, 2.75) is 45.6 Å². The molecule has 0 radical (unpaired) electrons. The molecule has 1 aliphatic rings. The predicted molar refractivity (Wildman–Crippen MR) is 135 cm³/mol. The van der Waals surface area contributed by atoms with E-state index in [-0.39, 0.29) is 24.0 Å². The fourth-order valence-electron chi connectivity index (χ4n) is 3.78. The fraction of sp³-hybridized carbons (Fsp3) is 0.360. The van der Waals surface area contributed by atoms with Crippen LogP contribution in [0, 0.1) is 10.8 Å². The van der Waals surface area contributed by atoms with E-state index in [4.69, 9.17) is 32.1 Å². The van der Waals surface area contributed by atoms with Crippen LogP contribution in [0.5, 0.6) is 5.75 Å². The van der Waals surface area contributed by atoms with Crippen LogP contribution < -0.4 is 15.0 Å². The molecule has 0 aliphatic carbocycles. The largest absolute Gasteiger partial charge is 0.497 e. The number of ether oxygens (including phenoxy) is 1. The molecule has 7 nitrogen and oxygen atoms in total. The first-order valence-corrected chi connectivity index (χ1v) is 11.5. The number of hydrogen-bond donors (Lipinski definition) is 3. The Balaban J connectivity index is 2.07. The maximum absolute atomic E-state index is 12.7. The standard InChI is InChI=1S/C25H30ClN5O2/c1-4-5-6-13-29-23(32)15-21-25(28)31(16(2)27)22-12-11-19(33-3)14-20(22)24(30-21)17-7-9-18(26)10-8-17/h7-12,14,21,27-28H,4-6,13,15H2,1-3H3,(H,29,32)/t21-/m0/s1. The number of amidine groups is 2. The van der Waals surface area contributed by atoms with Crippen LogP contribution in [0.25, 0.3) is 0 Å². The number of aliphatic imine (C=N–C) groups is 1. The Kier molecular flexibility index (Phi) is 8.22. The Bertz CT molecular complexity index is 1060. The molecule has 2 aromatic rings. The summed E-state index contributed by atoms with van der Waals surface area (Å²) in [6.45, 7) is 4.34. The fourth-order valence-corrected chi connectivity index (χ4v) is 3.91. The number of nitrogens with one attached hydrogen (secondary N) is 3. The lowest BCUT2D eigenvalue weighted by Gasteiger charge is -2.26. The summed E-state index contributed by atoms with van der Waals surface area (Å²) in [5.74, 6) is 0.733. The number of fused-ring (bicyclic) bond motifs is 1. The Hall–Kier alpha value is -3.19. The second-order valence-corrected chi connectivity index (χ2v) is 8.39. The van der Waals surface area contributed by atoms with E-state index in [1.165, 1.54) is 4.90 Å². The number of benzodiazepines with no additional fused rings is 1. The first-order chi connectivity index (χ1) is 15.8. The third kappa shape index (κ3) is 5.79. The van der Waals surface area contributed by atoms with Crippen LogP contribution in [0.4, 0.5) is 5.69 Å². The minimum Gasteiger partial charge on any atom is -0.497 e. The molecule has 1 aliphatic heterocycles. The quantitative estimate of drug-likeness (QED) is 0.287. The average molecular weight is 468 g/mol. The second-order valence-electron chi connectivity index (χ2n) is 7.95. The van der Waals surface area contributed by atoms with E-state index >= 15 is 0 Å². The summed E-state index contributed by atoms with van der Waals surface area (Å²) in [4.78, 5) is 19.1. The highest BCUT2D eigenvalue weighted by Gasteiger charge is 2.32. The predicted octanol–water partition coefficient (Wildman–Crippen LogP) is 5.05. The molecule has 3 rings (SSSR count). The average Bonchev–Trinajstić information content (AvgIpc) is 2.91. The van der Waals surface area contributed by atoms with Gasteiger partial charge in [-0.2, -0.15) is 0 Å². The molecule has 8 heteroatoms. The molecule has 0 saturated heterocycles. The number of anilines is 1. The van der Waals surface area contributed by atoms with Crippen molar-refractivity contribution >= 4 is 40.6 Å².